The van der Waals surface area contributed by atoms with E-state index in [1.54, 1.807) is 25.2 Å². The summed E-state index contributed by atoms with van der Waals surface area (Å²) in [5, 5.41) is 10.5. The molecule has 0 radical (unpaired) electrons. The van der Waals surface area contributed by atoms with Crippen molar-refractivity contribution in [2.75, 3.05) is 33.7 Å². The van der Waals surface area contributed by atoms with E-state index >= 15 is 0 Å². The molecule has 0 atom stereocenters. The summed E-state index contributed by atoms with van der Waals surface area (Å²) in [6.07, 6.45) is 5.11. The minimum absolute atomic E-state index is 0. The van der Waals surface area contributed by atoms with Crippen molar-refractivity contribution >= 4 is 35.8 Å². The highest BCUT2D eigenvalue weighted by Crippen LogP contribution is 1.90. The van der Waals surface area contributed by atoms with Crippen LogP contribution in [-0.4, -0.2) is 60.3 Å². The van der Waals surface area contributed by atoms with Crippen LogP contribution >= 0.6 is 24.0 Å². The Bertz CT molecular complexity index is 433. The molecule has 0 aliphatic heterocycles. The average Bonchev–Trinajstić information content (AvgIpc) is 2.96. The number of aryl methyl sites for hydroxylation is 1. The first-order valence-electron chi connectivity index (χ1n) is 7.33. The Morgan fingerprint density at radius 3 is 2.73 bits per heavy atom. The zero-order valence-corrected chi connectivity index (χ0v) is 15.9. The number of hydrogen-bond donors (Lipinski definition) is 2. The van der Waals surface area contributed by atoms with Crippen LogP contribution in [0.15, 0.2) is 23.5 Å². The van der Waals surface area contributed by atoms with Crippen LogP contribution < -0.4 is 10.6 Å². The second-order valence-corrected chi connectivity index (χ2v) is 4.85. The Balaban J connectivity index is 0.00000441. The minimum atomic E-state index is 0. The van der Waals surface area contributed by atoms with Crippen LogP contribution in [0.3, 0.4) is 0 Å². The third-order valence-electron chi connectivity index (χ3n) is 2.85. The van der Waals surface area contributed by atoms with Crippen LogP contribution in [-0.2, 0) is 11.3 Å². The summed E-state index contributed by atoms with van der Waals surface area (Å²) in [5.74, 6) is 0.863. The first-order chi connectivity index (χ1) is 10.1. The van der Waals surface area contributed by atoms with Gasteiger partial charge in [0.15, 0.2) is 5.96 Å². The highest BCUT2D eigenvalue weighted by atomic mass is 127. The molecular weight excluding hydrogens is 395 g/mol. The molecule has 7 nitrogen and oxygen atoms in total. The lowest BCUT2D eigenvalue weighted by molar-refractivity contribution is -0.128. The Hall–Kier alpha value is -1.32. The fourth-order valence-electron chi connectivity index (χ4n) is 1.71. The standard InChI is InChI=1S/C14H26N6O.HI/c1-4-15-14(17-10-7-13(21)19(2)3)16-8-5-11-20-12-6-9-18-20;/h6,9,12H,4-5,7-8,10-11H2,1-3H3,(H2,15,16,17);1H. The first kappa shape index (κ1) is 20.7. The van der Waals surface area contributed by atoms with E-state index in [1.807, 2.05) is 23.9 Å². The van der Waals surface area contributed by atoms with Crippen molar-refractivity contribution in [3.05, 3.63) is 18.5 Å². The second kappa shape index (κ2) is 12.2. The van der Waals surface area contributed by atoms with E-state index in [4.69, 9.17) is 0 Å². The van der Waals surface area contributed by atoms with E-state index in [-0.39, 0.29) is 29.9 Å². The van der Waals surface area contributed by atoms with Crippen LogP contribution in [0, 0.1) is 0 Å². The lowest BCUT2D eigenvalue weighted by atomic mass is 10.4. The van der Waals surface area contributed by atoms with E-state index in [1.165, 1.54) is 0 Å². The van der Waals surface area contributed by atoms with Crippen LogP contribution in [0.25, 0.3) is 0 Å². The summed E-state index contributed by atoms with van der Waals surface area (Å²) in [6, 6.07) is 1.91. The van der Waals surface area contributed by atoms with Crippen molar-refractivity contribution in [1.82, 2.24) is 25.3 Å². The molecule has 0 spiro atoms. The molecule has 0 saturated heterocycles. The van der Waals surface area contributed by atoms with Crippen molar-refractivity contribution in [1.29, 1.82) is 0 Å². The van der Waals surface area contributed by atoms with Gasteiger partial charge in [-0.3, -0.25) is 14.5 Å². The summed E-state index contributed by atoms with van der Waals surface area (Å²) < 4.78 is 1.89. The SMILES string of the molecule is CCNC(=NCCCn1cccn1)NCCC(=O)N(C)C.I. The molecule has 0 aliphatic rings. The number of nitrogens with zero attached hydrogens (tertiary/aromatic N) is 4. The topological polar surface area (TPSA) is 74.5 Å². The number of halogens is 1. The predicted molar refractivity (Wildman–Crippen MR) is 99.6 cm³/mol. The van der Waals surface area contributed by atoms with E-state index in [0.717, 1.165) is 32.0 Å². The van der Waals surface area contributed by atoms with Gasteiger partial charge in [0.2, 0.25) is 5.91 Å². The molecule has 0 aliphatic carbocycles. The maximum atomic E-state index is 11.5. The summed E-state index contributed by atoms with van der Waals surface area (Å²) in [6.45, 7) is 4.98. The molecule has 1 aromatic rings. The highest BCUT2D eigenvalue weighted by Gasteiger charge is 2.04. The average molecular weight is 422 g/mol. The molecule has 0 saturated carbocycles. The van der Waals surface area contributed by atoms with Crippen molar-refractivity contribution in [3.63, 3.8) is 0 Å². The molecule has 126 valence electrons. The smallest absolute Gasteiger partial charge is 0.223 e. The Kier molecular flexibility index (Phi) is 11.5. The summed E-state index contributed by atoms with van der Waals surface area (Å²) >= 11 is 0. The molecule has 0 aromatic carbocycles. The van der Waals surface area contributed by atoms with Crippen LogP contribution in [0.5, 0.6) is 0 Å². The van der Waals surface area contributed by atoms with Crippen molar-refractivity contribution < 1.29 is 4.79 Å². The quantitative estimate of drug-likeness (QED) is 0.283. The van der Waals surface area contributed by atoms with Gasteiger partial charge in [0.25, 0.3) is 0 Å². The maximum absolute atomic E-state index is 11.5. The fourth-order valence-corrected chi connectivity index (χ4v) is 1.71. The summed E-state index contributed by atoms with van der Waals surface area (Å²) in [7, 11) is 3.52. The summed E-state index contributed by atoms with van der Waals surface area (Å²) in [5.41, 5.74) is 0. The molecule has 1 rings (SSSR count). The molecule has 8 heteroatoms. The van der Waals surface area contributed by atoms with E-state index in [0.29, 0.717) is 13.0 Å². The molecule has 2 N–H and O–H groups in total. The van der Waals surface area contributed by atoms with Crippen molar-refractivity contribution in [3.8, 4) is 0 Å². The van der Waals surface area contributed by atoms with Crippen molar-refractivity contribution in [2.45, 2.75) is 26.3 Å². The maximum Gasteiger partial charge on any atom is 0.223 e. The Morgan fingerprint density at radius 1 is 1.36 bits per heavy atom. The largest absolute Gasteiger partial charge is 0.357 e. The van der Waals surface area contributed by atoms with Crippen LogP contribution in [0.1, 0.15) is 19.8 Å². The molecular formula is C14H27IN6O. The number of aromatic nitrogens is 2. The number of guanidine groups is 1. The van der Waals surface area contributed by atoms with Gasteiger partial charge in [-0.05, 0) is 19.4 Å². The monoisotopic (exact) mass is 422 g/mol. The van der Waals surface area contributed by atoms with Gasteiger partial charge in [0.1, 0.15) is 0 Å². The van der Waals surface area contributed by atoms with Gasteiger partial charge in [0, 0.05) is 59.1 Å². The van der Waals surface area contributed by atoms with Crippen molar-refractivity contribution in [2.24, 2.45) is 4.99 Å². The number of carbonyl (C=O) groups excluding carboxylic acids is 1. The number of rotatable bonds is 8. The van der Waals surface area contributed by atoms with Gasteiger partial charge in [-0.1, -0.05) is 0 Å². The lowest BCUT2D eigenvalue weighted by Crippen LogP contribution is -2.39. The van der Waals surface area contributed by atoms with Gasteiger partial charge in [-0.15, -0.1) is 24.0 Å². The Morgan fingerprint density at radius 2 is 2.14 bits per heavy atom. The van der Waals surface area contributed by atoms with E-state index in [2.05, 4.69) is 20.7 Å². The van der Waals surface area contributed by atoms with Crippen LogP contribution in [0.2, 0.25) is 0 Å². The third kappa shape index (κ3) is 8.85. The first-order valence-corrected chi connectivity index (χ1v) is 7.33. The van der Waals surface area contributed by atoms with E-state index in [9.17, 15) is 4.79 Å². The molecule has 22 heavy (non-hydrogen) atoms. The number of aliphatic imine (C=N–C) groups is 1. The second-order valence-electron chi connectivity index (χ2n) is 4.85. The number of hydrogen-bond acceptors (Lipinski definition) is 3. The normalized spacial score (nSPS) is 10.8. The molecule has 0 bridgehead atoms. The fraction of sp³-hybridized carbons (Fsp3) is 0.643. The highest BCUT2D eigenvalue weighted by molar-refractivity contribution is 14.0. The van der Waals surface area contributed by atoms with Gasteiger partial charge < -0.3 is 15.5 Å². The van der Waals surface area contributed by atoms with Gasteiger partial charge in [-0.2, -0.15) is 5.10 Å². The lowest BCUT2D eigenvalue weighted by Gasteiger charge is -2.13. The third-order valence-corrected chi connectivity index (χ3v) is 2.85. The van der Waals surface area contributed by atoms with Gasteiger partial charge in [0.05, 0.1) is 0 Å². The molecule has 1 aromatic heterocycles. The predicted octanol–water partition coefficient (Wildman–Crippen LogP) is 0.925. The zero-order valence-electron chi connectivity index (χ0n) is 13.6. The van der Waals surface area contributed by atoms with Gasteiger partial charge >= 0.3 is 0 Å². The van der Waals surface area contributed by atoms with Gasteiger partial charge in [-0.25, -0.2) is 0 Å². The number of amides is 1. The Labute approximate surface area is 149 Å². The molecule has 0 unspecified atom stereocenters. The molecule has 1 amide bonds. The van der Waals surface area contributed by atoms with Crippen LogP contribution in [0.4, 0.5) is 0 Å². The minimum Gasteiger partial charge on any atom is -0.357 e. The molecule has 1 heterocycles. The van der Waals surface area contributed by atoms with E-state index < -0.39 is 0 Å². The number of carbonyl (C=O) groups is 1. The zero-order chi connectivity index (χ0) is 15.5. The number of nitrogens with one attached hydrogen (secondary N) is 2. The molecule has 0 fully saturated rings. The summed E-state index contributed by atoms with van der Waals surface area (Å²) in [4.78, 5) is 17.6.